The van der Waals surface area contributed by atoms with Crippen molar-refractivity contribution in [2.45, 2.75) is 64.5 Å². The molecule has 0 bridgehead atoms. The van der Waals surface area contributed by atoms with E-state index >= 15 is 0 Å². The van der Waals surface area contributed by atoms with Gasteiger partial charge in [-0.3, -0.25) is 19.1 Å². The molecule has 1 aromatic rings. The monoisotopic (exact) mass is 318 g/mol. The average Bonchev–Trinajstić information content (AvgIpc) is 3.11. The van der Waals surface area contributed by atoms with Gasteiger partial charge in [-0.2, -0.15) is 5.10 Å². The lowest BCUT2D eigenvalue weighted by molar-refractivity contribution is -0.121. The van der Waals surface area contributed by atoms with Crippen LogP contribution in [0.2, 0.25) is 0 Å². The molecule has 1 aromatic heterocycles. The number of imide groups is 1. The molecule has 1 saturated carbocycles. The van der Waals surface area contributed by atoms with Gasteiger partial charge in [0, 0.05) is 25.4 Å². The summed E-state index contributed by atoms with van der Waals surface area (Å²) in [6.45, 7) is 2.47. The zero-order chi connectivity index (χ0) is 16.4. The summed E-state index contributed by atoms with van der Waals surface area (Å²) in [5, 5.41) is 7.27. The van der Waals surface area contributed by atoms with Gasteiger partial charge in [-0.15, -0.1) is 0 Å². The van der Waals surface area contributed by atoms with Gasteiger partial charge in [0.25, 0.3) is 5.91 Å². The van der Waals surface area contributed by atoms with E-state index < -0.39 is 0 Å². The van der Waals surface area contributed by atoms with Gasteiger partial charge >= 0.3 is 0 Å². The molecule has 0 aromatic carbocycles. The summed E-state index contributed by atoms with van der Waals surface area (Å²) >= 11 is 0. The zero-order valence-corrected chi connectivity index (χ0v) is 13.4. The maximum absolute atomic E-state index is 12.6. The maximum Gasteiger partial charge on any atom is 0.274 e. The van der Waals surface area contributed by atoms with E-state index in [4.69, 9.17) is 0 Å². The van der Waals surface area contributed by atoms with E-state index in [-0.39, 0.29) is 42.3 Å². The number of carbonyl (C=O) groups is 3. The number of nitrogens with zero attached hydrogens (tertiary/aromatic N) is 3. The molecular weight excluding hydrogens is 296 g/mol. The van der Waals surface area contributed by atoms with Crippen molar-refractivity contribution < 1.29 is 14.4 Å². The average molecular weight is 318 g/mol. The minimum atomic E-state index is -0.299. The highest BCUT2D eigenvalue weighted by molar-refractivity contribution is 6.21. The van der Waals surface area contributed by atoms with E-state index in [1.165, 1.54) is 6.42 Å². The molecule has 0 atom stereocenters. The first-order valence-electron chi connectivity index (χ1n) is 8.34. The first-order valence-corrected chi connectivity index (χ1v) is 8.34. The van der Waals surface area contributed by atoms with E-state index in [1.54, 1.807) is 10.9 Å². The first-order chi connectivity index (χ1) is 11.1. The number of nitrogens with one attached hydrogen (secondary N) is 1. The van der Waals surface area contributed by atoms with Crippen LogP contribution >= 0.6 is 0 Å². The molecule has 124 valence electrons. The van der Waals surface area contributed by atoms with E-state index in [0.717, 1.165) is 30.6 Å². The van der Waals surface area contributed by atoms with Gasteiger partial charge in [0.1, 0.15) is 5.69 Å². The van der Waals surface area contributed by atoms with E-state index in [0.29, 0.717) is 12.2 Å². The predicted octanol–water partition coefficient (Wildman–Crippen LogP) is 1.62. The molecule has 3 rings (SSSR count). The third-order valence-electron chi connectivity index (χ3n) is 4.51. The van der Waals surface area contributed by atoms with Gasteiger partial charge in [-0.1, -0.05) is 19.3 Å². The predicted molar refractivity (Wildman–Crippen MR) is 84.0 cm³/mol. The van der Waals surface area contributed by atoms with Gasteiger partial charge in [-0.05, 0) is 19.8 Å². The molecule has 2 aliphatic rings. The van der Waals surface area contributed by atoms with Crippen LogP contribution in [0, 0.1) is 0 Å². The molecule has 0 spiro atoms. The molecule has 1 aliphatic heterocycles. The summed E-state index contributed by atoms with van der Waals surface area (Å²) < 4.78 is 1.59. The Morgan fingerprint density at radius 3 is 2.48 bits per heavy atom. The van der Waals surface area contributed by atoms with Crippen LogP contribution in [-0.2, 0) is 16.1 Å². The molecule has 23 heavy (non-hydrogen) atoms. The van der Waals surface area contributed by atoms with Crippen molar-refractivity contribution in [2.24, 2.45) is 0 Å². The molecule has 1 aliphatic carbocycles. The Morgan fingerprint density at radius 1 is 1.22 bits per heavy atom. The number of anilines is 1. The summed E-state index contributed by atoms with van der Waals surface area (Å²) in [6.07, 6.45) is 7.37. The second-order valence-electron chi connectivity index (χ2n) is 6.15. The summed E-state index contributed by atoms with van der Waals surface area (Å²) in [6, 6.07) is 0.154. The Morgan fingerprint density at radius 2 is 1.87 bits per heavy atom. The van der Waals surface area contributed by atoms with Crippen LogP contribution in [-0.4, -0.2) is 33.5 Å². The van der Waals surface area contributed by atoms with Gasteiger partial charge < -0.3 is 5.32 Å². The highest BCUT2D eigenvalue weighted by atomic mass is 16.2. The zero-order valence-electron chi connectivity index (χ0n) is 13.4. The summed E-state index contributed by atoms with van der Waals surface area (Å²) in [5.41, 5.74) is 0.480. The highest BCUT2D eigenvalue weighted by Gasteiger charge is 2.35. The number of rotatable bonds is 4. The van der Waals surface area contributed by atoms with Crippen LogP contribution < -0.4 is 10.2 Å². The Hall–Kier alpha value is -2.18. The Balaban J connectivity index is 1.85. The number of carbonyl (C=O) groups excluding carboxylic acids is 3. The number of aryl methyl sites for hydroxylation is 1. The third-order valence-corrected chi connectivity index (χ3v) is 4.51. The SMILES string of the molecule is CCn1cc(N2C(=O)CCC2=O)c(C(=O)NC2CCCCC2)n1. The first kappa shape index (κ1) is 15.7. The summed E-state index contributed by atoms with van der Waals surface area (Å²) in [4.78, 5) is 37.7. The van der Waals surface area contributed by atoms with Crippen molar-refractivity contribution in [3.8, 4) is 0 Å². The van der Waals surface area contributed by atoms with Gasteiger partial charge in [0.05, 0.1) is 6.20 Å². The van der Waals surface area contributed by atoms with Crippen molar-refractivity contribution >= 4 is 23.4 Å². The summed E-state index contributed by atoms with van der Waals surface area (Å²) in [7, 11) is 0. The van der Waals surface area contributed by atoms with Gasteiger partial charge in [-0.25, -0.2) is 4.90 Å². The Labute approximate surface area is 135 Å². The quantitative estimate of drug-likeness (QED) is 0.855. The van der Waals surface area contributed by atoms with Crippen LogP contribution in [0.1, 0.15) is 62.4 Å². The van der Waals surface area contributed by atoms with Crippen molar-refractivity contribution in [1.82, 2.24) is 15.1 Å². The number of hydrogen-bond donors (Lipinski definition) is 1. The standard InChI is InChI=1S/C16H22N4O3/c1-2-19-10-12(20-13(21)8-9-14(20)22)15(18-19)16(23)17-11-6-4-3-5-7-11/h10-11H,2-9H2,1H3,(H,17,23). The fraction of sp³-hybridized carbons (Fsp3) is 0.625. The minimum Gasteiger partial charge on any atom is -0.348 e. The van der Waals surface area contributed by atoms with Crippen LogP contribution in [0.15, 0.2) is 6.20 Å². The second-order valence-corrected chi connectivity index (χ2v) is 6.15. The molecule has 7 nitrogen and oxygen atoms in total. The lowest BCUT2D eigenvalue weighted by Crippen LogP contribution is -2.38. The molecule has 7 heteroatoms. The van der Waals surface area contributed by atoms with E-state index in [1.807, 2.05) is 6.92 Å². The lowest BCUT2D eigenvalue weighted by Gasteiger charge is -2.22. The molecular formula is C16H22N4O3. The topological polar surface area (TPSA) is 84.3 Å². The molecule has 1 N–H and O–H groups in total. The van der Waals surface area contributed by atoms with Crippen molar-refractivity contribution in [1.29, 1.82) is 0 Å². The van der Waals surface area contributed by atoms with Crippen molar-refractivity contribution in [3.05, 3.63) is 11.9 Å². The minimum absolute atomic E-state index is 0.154. The smallest absolute Gasteiger partial charge is 0.274 e. The molecule has 2 fully saturated rings. The molecule has 2 heterocycles. The molecule has 3 amide bonds. The molecule has 0 unspecified atom stereocenters. The molecule has 0 radical (unpaired) electrons. The van der Waals surface area contributed by atoms with E-state index in [9.17, 15) is 14.4 Å². The fourth-order valence-electron chi connectivity index (χ4n) is 3.24. The van der Waals surface area contributed by atoms with Crippen LogP contribution in [0.4, 0.5) is 5.69 Å². The second kappa shape index (κ2) is 6.52. The Kier molecular flexibility index (Phi) is 4.45. The number of hydrogen-bond acceptors (Lipinski definition) is 4. The van der Waals surface area contributed by atoms with E-state index in [2.05, 4.69) is 10.4 Å². The largest absolute Gasteiger partial charge is 0.348 e. The Bertz CT molecular complexity index is 615. The van der Waals surface area contributed by atoms with Gasteiger partial charge in [0.15, 0.2) is 5.69 Å². The van der Waals surface area contributed by atoms with Gasteiger partial charge in [0.2, 0.25) is 11.8 Å². The maximum atomic E-state index is 12.6. The normalized spacial score (nSPS) is 19.4. The summed E-state index contributed by atoms with van der Waals surface area (Å²) in [5.74, 6) is -0.832. The van der Waals surface area contributed by atoms with Crippen LogP contribution in [0.25, 0.3) is 0 Å². The van der Waals surface area contributed by atoms with Crippen LogP contribution in [0.3, 0.4) is 0 Å². The third kappa shape index (κ3) is 3.13. The fourth-order valence-corrected chi connectivity index (χ4v) is 3.24. The lowest BCUT2D eigenvalue weighted by atomic mass is 9.95. The van der Waals surface area contributed by atoms with Crippen molar-refractivity contribution in [2.75, 3.05) is 4.90 Å². The number of aromatic nitrogens is 2. The highest BCUT2D eigenvalue weighted by Crippen LogP contribution is 2.26. The molecule has 1 saturated heterocycles. The van der Waals surface area contributed by atoms with Crippen LogP contribution in [0.5, 0.6) is 0 Å². The van der Waals surface area contributed by atoms with Crippen molar-refractivity contribution in [3.63, 3.8) is 0 Å². The number of amides is 3.